The summed E-state index contributed by atoms with van der Waals surface area (Å²) in [7, 11) is 0. The molecule has 4 heterocycles. The topological polar surface area (TPSA) is 18.5 Å². The Morgan fingerprint density at radius 2 is 0.461 bits per heavy atom. The first-order valence-corrected chi connectivity index (χ1v) is 31.1. The normalized spacial score (nSPS) is 13.6. The summed E-state index contributed by atoms with van der Waals surface area (Å²) in [4.78, 5) is 0. The number of hydrogen-bond acceptors (Lipinski definition) is 2. The van der Waals surface area contributed by atoms with Gasteiger partial charge in [-0.2, -0.15) is 0 Å². The highest BCUT2D eigenvalue weighted by atomic mass is 16.5. The molecule has 0 amide bonds. The fourth-order valence-corrected chi connectivity index (χ4v) is 16.9. The average Bonchev–Trinajstić information content (AvgIpc) is 0.682. The molecule has 14 aromatic carbocycles. The third kappa shape index (κ3) is 6.73. The summed E-state index contributed by atoms with van der Waals surface area (Å²) in [6, 6.07) is 113. The standard InChI is InChI=1S/C85H50B2O2/c1-3-21-57-55(19-1)59-23-5-7-27-63(59)67-43-39-51(47-69(67)65-29-11-9-25-61(57)65)53-41-45-77-81(49-53)88-79-37-17-33-73-83(79)86(77)75-35-15-13-31-71(75)85(73)72-32-14-16-36-76(72)87-78-46-42-54(50-82(78)89-80-38-18-34-74(85)84(80)87)52-40-44-68-64-28-8-6-24-60(64)56-20-2-4-22-58(56)62-26-10-12-30-66(62)70(68)48-52/h1-50H. The summed E-state index contributed by atoms with van der Waals surface area (Å²) in [5.74, 6) is 3.58. The zero-order valence-corrected chi connectivity index (χ0v) is 48.3. The minimum Gasteiger partial charge on any atom is -0.458 e. The molecule has 0 bridgehead atoms. The van der Waals surface area contributed by atoms with Gasteiger partial charge >= 0.3 is 0 Å². The van der Waals surface area contributed by atoms with Gasteiger partial charge in [0.05, 0.1) is 5.41 Å². The Morgan fingerprint density at radius 3 is 0.809 bits per heavy atom. The highest BCUT2D eigenvalue weighted by molar-refractivity contribution is 6.99. The lowest BCUT2D eigenvalue weighted by molar-refractivity contribution is 0.484. The van der Waals surface area contributed by atoms with Gasteiger partial charge in [-0.1, -0.05) is 278 Å². The largest absolute Gasteiger partial charge is 0.458 e. The van der Waals surface area contributed by atoms with Gasteiger partial charge in [0.2, 0.25) is 0 Å². The maximum atomic E-state index is 7.34. The van der Waals surface area contributed by atoms with Gasteiger partial charge in [-0.15, -0.1) is 0 Å². The second-order valence-corrected chi connectivity index (χ2v) is 24.7. The van der Waals surface area contributed by atoms with E-state index in [1.54, 1.807) is 0 Å². The Hall–Kier alpha value is -11.2. The van der Waals surface area contributed by atoms with Gasteiger partial charge in [0.25, 0.3) is 13.4 Å². The van der Waals surface area contributed by atoms with Crippen LogP contribution in [0.4, 0.5) is 0 Å². The van der Waals surface area contributed by atoms with E-state index in [0.717, 1.165) is 45.3 Å². The van der Waals surface area contributed by atoms with Gasteiger partial charge in [-0.25, -0.2) is 0 Å². The van der Waals surface area contributed by atoms with E-state index in [1.165, 1.54) is 144 Å². The molecule has 0 fully saturated rings. The molecule has 4 heteroatoms. The molecular formula is C85H50B2O2. The van der Waals surface area contributed by atoms with Crippen molar-refractivity contribution >= 4 is 46.2 Å². The van der Waals surface area contributed by atoms with E-state index in [1.807, 2.05) is 0 Å². The van der Waals surface area contributed by atoms with Crippen molar-refractivity contribution in [2.45, 2.75) is 5.41 Å². The van der Waals surface area contributed by atoms with E-state index < -0.39 is 5.41 Å². The molecule has 14 aromatic rings. The lowest BCUT2D eigenvalue weighted by Gasteiger charge is -2.51. The number of rotatable bonds is 2. The predicted molar refractivity (Wildman–Crippen MR) is 369 cm³/mol. The predicted octanol–water partition coefficient (Wildman–Crippen LogP) is 17.2. The molecule has 0 unspecified atom stereocenters. The SMILES string of the molecule is c1ccc2c(c1)B1c3ccc(-c4ccc5c(c4)-c4ccccc4-c4ccccc4-c4ccccc4-5)cc3Oc3cccc(c31)C21c2ccccc2B2c3ccc(-c4ccc5c(c4)-c4ccccc4-c4ccccc4-c4ccccc4-5)cc3Oc3cccc1c32. The molecule has 2 nitrogen and oxygen atoms in total. The van der Waals surface area contributed by atoms with Crippen molar-refractivity contribution < 1.29 is 9.47 Å². The van der Waals surface area contributed by atoms with Gasteiger partial charge < -0.3 is 9.47 Å². The molecule has 1 spiro atoms. The van der Waals surface area contributed by atoms with Crippen LogP contribution in [0.5, 0.6) is 23.0 Å². The van der Waals surface area contributed by atoms with E-state index in [4.69, 9.17) is 9.47 Å². The summed E-state index contributed by atoms with van der Waals surface area (Å²) in [6.45, 7) is -0.118. The van der Waals surface area contributed by atoms with Crippen molar-refractivity contribution in [2.24, 2.45) is 0 Å². The number of hydrogen-bond donors (Lipinski definition) is 0. The highest BCUT2D eigenvalue weighted by Crippen LogP contribution is 2.54. The van der Waals surface area contributed by atoms with Gasteiger partial charge in [0, 0.05) is 0 Å². The maximum absolute atomic E-state index is 7.34. The number of fused-ring (bicyclic) bond motifs is 28. The average molecular weight is 1120 g/mol. The molecule has 2 aliphatic carbocycles. The first kappa shape index (κ1) is 49.0. The van der Waals surface area contributed by atoms with Crippen molar-refractivity contribution in [3.8, 4) is 134 Å². The quantitative estimate of drug-likeness (QED) is 0.161. The summed E-state index contributed by atoms with van der Waals surface area (Å²) < 4.78 is 14.7. The summed E-state index contributed by atoms with van der Waals surface area (Å²) in [6.07, 6.45) is 0. The molecule has 89 heavy (non-hydrogen) atoms. The van der Waals surface area contributed by atoms with Crippen molar-refractivity contribution in [1.29, 1.82) is 0 Å². The van der Waals surface area contributed by atoms with Crippen LogP contribution in [0.2, 0.25) is 0 Å². The van der Waals surface area contributed by atoms with Crippen LogP contribution in [0, 0.1) is 0 Å². The van der Waals surface area contributed by atoms with E-state index in [2.05, 4.69) is 303 Å². The second-order valence-electron chi connectivity index (χ2n) is 24.7. The number of ether oxygens (including phenoxy) is 2. The van der Waals surface area contributed by atoms with Crippen LogP contribution in [0.1, 0.15) is 22.3 Å². The van der Waals surface area contributed by atoms with Crippen LogP contribution in [0.15, 0.2) is 303 Å². The zero-order valence-electron chi connectivity index (χ0n) is 48.3. The fraction of sp³-hybridized carbons (Fsp3) is 0.0118. The molecule has 4 aliphatic heterocycles. The highest BCUT2D eigenvalue weighted by Gasteiger charge is 2.56. The molecule has 20 rings (SSSR count). The first-order valence-electron chi connectivity index (χ1n) is 31.1. The molecule has 0 N–H and O–H groups in total. The minimum absolute atomic E-state index is 0.0589. The van der Waals surface area contributed by atoms with Crippen molar-refractivity contribution in [3.05, 3.63) is 326 Å². The zero-order chi connectivity index (χ0) is 58.1. The maximum Gasteiger partial charge on any atom is 0.251 e. The van der Waals surface area contributed by atoms with E-state index in [-0.39, 0.29) is 13.4 Å². The van der Waals surface area contributed by atoms with Gasteiger partial charge in [-0.05, 0) is 192 Å². The Morgan fingerprint density at radius 1 is 0.191 bits per heavy atom. The Bertz CT molecular complexity index is 5090. The van der Waals surface area contributed by atoms with Crippen LogP contribution >= 0.6 is 0 Å². The molecular weight excluding hydrogens is 1070 g/mol. The van der Waals surface area contributed by atoms with E-state index in [9.17, 15) is 0 Å². The van der Waals surface area contributed by atoms with E-state index in [0.29, 0.717) is 0 Å². The second kappa shape index (κ2) is 18.4. The summed E-state index contributed by atoms with van der Waals surface area (Å²) >= 11 is 0. The van der Waals surface area contributed by atoms with Crippen LogP contribution in [-0.2, 0) is 5.41 Å². The van der Waals surface area contributed by atoms with Crippen LogP contribution in [-0.4, -0.2) is 13.4 Å². The molecule has 0 aromatic heterocycles. The minimum atomic E-state index is -0.676. The van der Waals surface area contributed by atoms with Gasteiger partial charge in [0.15, 0.2) is 0 Å². The van der Waals surface area contributed by atoms with Crippen molar-refractivity contribution in [1.82, 2.24) is 0 Å². The molecule has 6 aliphatic rings. The third-order valence-electron chi connectivity index (χ3n) is 20.5. The molecule has 0 saturated heterocycles. The lowest BCUT2D eigenvalue weighted by Crippen LogP contribution is -2.69. The molecule has 0 radical (unpaired) electrons. The van der Waals surface area contributed by atoms with Crippen molar-refractivity contribution in [2.75, 3.05) is 0 Å². The first-order chi connectivity index (χ1) is 44.2. The Balaban J connectivity index is 0.707. The van der Waals surface area contributed by atoms with Crippen LogP contribution in [0.3, 0.4) is 0 Å². The van der Waals surface area contributed by atoms with Crippen molar-refractivity contribution in [3.63, 3.8) is 0 Å². The molecule has 0 atom stereocenters. The summed E-state index contributed by atoms with van der Waals surface area (Å²) in [5, 5.41) is 0. The van der Waals surface area contributed by atoms with Crippen LogP contribution < -0.4 is 42.3 Å². The Labute approximate surface area is 517 Å². The molecule has 408 valence electrons. The fourth-order valence-electron chi connectivity index (χ4n) is 16.9. The van der Waals surface area contributed by atoms with Crippen LogP contribution in [0.25, 0.3) is 111 Å². The van der Waals surface area contributed by atoms with Gasteiger partial charge in [0.1, 0.15) is 23.0 Å². The molecule has 0 saturated carbocycles. The van der Waals surface area contributed by atoms with E-state index >= 15 is 0 Å². The third-order valence-corrected chi connectivity index (χ3v) is 20.5. The monoisotopic (exact) mass is 1120 g/mol. The summed E-state index contributed by atoms with van der Waals surface area (Å²) in [5.41, 5.74) is 36.1. The lowest BCUT2D eigenvalue weighted by atomic mass is 9.25. The number of benzene rings is 14. The van der Waals surface area contributed by atoms with Gasteiger partial charge in [-0.3, -0.25) is 0 Å². The smallest absolute Gasteiger partial charge is 0.251 e. The Kier molecular flexibility index (Phi) is 10.1.